The highest BCUT2D eigenvalue weighted by Gasteiger charge is 2.42. The number of anilines is 1. The maximum atomic E-state index is 6.07. The molecular formula is C14H17NO2Si. The molecule has 2 aromatic rings. The van der Waals surface area contributed by atoms with E-state index in [4.69, 9.17) is 14.6 Å². The fourth-order valence-electron chi connectivity index (χ4n) is 2.15. The molecule has 2 N–H and O–H groups in total. The van der Waals surface area contributed by atoms with E-state index in [1.165, 1.54) is 0 Å². The summed E-state index contributed by atoms with van der Waals surface area (Å²) in [5.41, 5.74) is 6.78. The van der Waals surface area contributed by atoms with Crippen LogP contribution in [0.25, 0.3) is 0 Å². The number of hydrogen-bond donors (Lipinski definition) is 1. The van der Waals surface area contributed by atoms with E-state index in [0.29, 0.717) is 5.69 Å². The largest absolute Gasteiger partial charge is 0.408 e. The fraction of sp³-hybridized carbons (Fsp3) is 0.143. The lowest BCUT2D eigenvalue weighted by atomic mass is 10.3. The molecule has 0 spiro atoms. The first kappa shape index (κ1) is 12.8. The summed E-state index contributed by atoms with van der Waals surface area (Å²) in [6.45, 7) is 0. The van der Waals surface area contributed by atoms with Gasteiger partial charge in [-0.3, -0.25) is 0 Å². The molecule has 0 aromatic heterocycles. The van der Waals surface area contributed by atoms with Crippen molar-refractivity contribution in [2.75, 3.05) is 20.0 Å². The fourth-order valence-corrected chi connectivity index (χ4v) is 4.95. The second-order valence-electron chi connectivity index (χ2n) is 3.98. The van der Waals surface area contributed by atoms with E-state index in [1.54, 1.807) is 14.2 Å². The third-order valence-electron chi connectivity index (χ3n) is 3.04. The van der Waals surface area contributed by atoms with Crippen LogP contribution in [0, 0.1) is 0 Å². The van der Waals surface area contributed by atoms with Gasteiger partial charge in [-0.2, -0.15) is 0 Å². The van der Waals surface area contributed by atoms with Gasteiger partial charge in [0, 0.05) is 25.1 Å². The first-order chi connectivity index (χ1) is 8.74. The average Bonchev–Trinajstić information content (AvgIpc) is 2.44. The lowest BCUT2D eigenvalue weighted by molar-refractivity contribution is 0.273. The molecular weight excluding hydrogens is 242 g/mol. The number of rotatable bonds is 4. The lowest BCUT2D eigenvalue weighted by Crippen LogP contribution is -2.62. The molecule has 0 aliphatic rings. The average molecular weight is 259 g/mol. The molecule has 0 fully saturated rings. The summed E-state index contributed by atoms with van der Waals surface area (Å²) >= 11 is 0. The van der Waals surface area contributed by atoms with E-state index in [0.717, 1.165) is 10.4 Å². The van der Waals surface area contributed by atoms with Crippen LogP contribution in [0.4, 0.5) is 5.69 Å². The van der Waals surface area contributed by atoms with Crippen LogP contribution in [0.5, 0.6) is 0 Å². The Morgan fingerprint density at radius 1 is 0.833 bits per heavy atom. The van der Waals surface area contributed by atoms with Gasteiger partial charge in [0.2, 0.25) is 0 Å². The first-order valence-corrected chi connectivity index (χ1v) is 7.57. The summed E-state index contributed by atoms with van der Waals surface area (Å²) in [4.78, 5) is 0. The zero-order chi connectivity index (χ0) is 13.0. The zero-order valence-corrected chi connectivity index (χ0v) is 11.6. The molecule has 2 aromatic carbocycles. The number of hydrogen-bond acceptors (Lipinski definition) is 3. The van der Waals surface area contributed by atoms with Crippen molar-refractivity contribution >= 4 is 24.6 Å². The van der Waals surface area contributed by atoms with Gasteiger partial charge in [-0.15, -0.1) is 0 Å². The highest BCUT2D eigenvalue weighted by Crippen LogP contribution is 2.11. The van der Waals surface area contributed by atoms with E-state index in [2.05, 4.69) is 0 Å². The summed E-state index contributed by atoms with van der Waals surface area (Å²) in [6.07, 6.45) is 0. The number of benzene rings is 2. The van der Waals surface area contributed by atoms with Crippen molar-refractivity contribution in [2.24, 2.45) is 0 Å². The molecule has 94 valence electrons. The van der Waals surface area contributed by atoms with Crippen LogP contribution in [-0.2, 0) is 8.85 Å². The van der Waals surface area contributed by atoms with Gasteiger partial charge in [-0.1, -0.05) is 48.5 Å². The molecule has 0 aliphatic heterocycles. The number of nitrogens with two attached hydrogens (primary N) is 1. The second-order valence-corrected chi connectivity index (χ2v) is 7.14. The van der Waals surface area contributed by atoms with Crippen molar-refractivity contribution in [1.82, 2.24) is 0 Å². The summed E-state index contributed by atoms with van der Waals surface area (Å²) in [5, 5.41) is 1.99. The molecule has 0 heterocycles. The van der Waals surface area contributed by atoms with Gasteiger partial charge in [0.05, 0.1) is 0 Å². The molecule has 0 aliphatic carbocycles. The van der Waals surface area contributed by atoms with E-state index >= 15 is 0 Å². The molecule has 0 unspecified atom stereocenters. The predicted octanol–water partition coefficient (Wildman–Crippen LogP) is 1.12. The van der Waals surface area contributed by atoms with Gasteiger partial charge < -0.3 is 14.6 Å². The van der Waals surface area contributed by atoms with E-state index in [9.17, 15) is 0 Å². The lowest BCUT2D eigenvalue weighted by Gasteiger charge is -2.29. The summed E-state index contributed by atoms with van der Waals surface area (Å²) < 4.78 is 11.6. The Morgan fingerprint density at radius 3 is 1.94 bits per heavy atom. The molecule has 0 bridgehead atoms. The minimum Gasteiger partial charge on any atom is -0.399 e. The highest BCUT2D eigenvalue weighted by atomic mass is 28.4. The Kier molecular flexibility index (Phi) is 3.81. The monoisotopic (exact) mass is 259 g/mol. The van der Waals surface area contributed by atoms with Gasteiger partial charge >= 0.3 is 8.56 Å². The van der Waals surface area contributed by atoms with Gasteiger partial charge in [0.15, 0.2) is 0 Å². The molecule has 0 amide bonds. The second kappa shape index (κ2) is 5.35. The van der Waals surface area contributed by atoms with E-state index < -0.39 is 8.56 Å². The highest BCUT2D eigenvalue weighted by molar-refractivity contribution is 6.93. The minimum atomic E-state index is -2.67. The normalized spacial score (nSPS) is 11.4. The Bertz CT molecular complexity index is 512. The van der Waals surface area contributed by atoms with Gasteiger partial charge in [0.1, 0.15) is 0 Å². The maximum absolute atomic E-state index is 6.07. The van der Waals surface area contributed by atoms with Crippen LogP contribution >= 0.6 is 0 Å². The third kappa shape index (κ3) is 2.06. The number of para-hydroxylation sites is 1. The van der Waals surface area contributed by atoms with Crippen LogP contribution in [0.3, 0.4) is 0 Å². The molecule has 4 heteroatoms. The molecule has 0 saturated carbocycles. The Morgan fingerprint density at radius 2 is 1.39 bits per heavy atom. The Labute approximate surface area is 108 Å². The molecule has 0 atom stereocenters. The van der Waals surface area contributed by atoms with E-state index in [1.807, 2.05) is 54.6 Å². The van der Waals surface area contributed by atoms with Crippen molar-refractivity contribution in [2.45, 2.75) is 0 Å². The van der Waals surface area contributed by atoms with Gasteiger partial charge in [-0.05, 0) is 11.3 Å². The summed E-state index contributed by atoms with van der Waals surface area (Å²) in [5.74, 6) is 0. The molecule has 2 rings (SSSR count). The molecule has 3 nitrogen and oxygen atoms in total. The van der Waals surface area contributed by atoms with Crippen LogP contribution in [0.2, 0.25) is 0 Å². The van der Waals surface area contributed by atoms with Gasteiger partial charge in [-0.25, -0.2) is 0 Å². The quantitative estimate of drug-likeness (QED) is 0.661. The van der Waals surface area contributed by atoms with Crippen LogP contribution in [0.1, 0.15) is 0 Å². The van der Waals surface area contributed by atoms with E-state index in [-0.39, 0.29) is 0 Å². The minimum absolute atomic E-state index is 0.705. The first-order valence-electron chi connectivity index (χ1n) is 5.75. The maximum Gasteiger partial charge on any atom is 0.408 e. The van der Waals surface area contributed by atoms with Crippen molar-refractivity contribution < 1.29 is 8.85 Å². The molecule has 18 heavy (non-hydrogen) atoms. The van der Waals surface area contributed by atoms with Crippen LogP contribution in [0.15, 0.2) is 54.6 Å². The van der Waals surface area contributed by atoms with Crippen molar-refractivity contribution in [1.29, 1.82) is 0 Å². The predicted molar refractivity (Wildman–Crippen MR) is 76.3 cm³/mol. The molecule has 0 saturated heterocycles. The van der Waals surface area contributed by atoms with Crippen LogP contribution < -0.4 is 16.1 Å². The standard InChI is InChI=1S/C14H17NO2Si/c1-16-18(17-2,12-8-4-3-5-9-12)14-11-7-6-10-13(14)15/h3-11H,15H2,1-2H3. The Balaban J connectivity index is 2.62. The van der Waals surface area contributed by atoms with Gasteiger partial charge in [0.25, 0.3) is 0 Å². The zero-order valence-electron chi connectivity index (χ0n) is 10.6. The van der Waals surface area contributed by atoms with Crippen molar-refractivity contribution in [3.63, 3.8) is 0 Å². The smallest absolute Gasteiger partial charge is 0.399 e. The third-order valence-corrected chi connectivity index (χ3v) is 6.45. The summed E-state index contributed by atoms with van der Waals surface area (Å²) in [6, 6.07) is 17.7. The number of nitrogen functional groups attached to an aromatic ring is 1. The summed E-state index contributed by atoms with van der Waals surface area (Å²) in [7, 11) is 0.686. The van der Waals surface area contributed by atoms with Crippen molar-refractivity contribution in [3.8, 4) is 0 Å². The molecule has 0 radical (unpaired) electrons. The Hall–Kier alpha value is -1.62. The SMILES string of the molecule is CO[Si](OC)(c1ccccc1)c1ccccc1N. The topological polar surface area (TPSA) is 44.5 Å². The van der Waals surface area contributed by atoms with Crippen LogP contribution in [-0.4, -0.2) is 22.8 Å². The van der Waals surface area contributed by atoms with Crippen molar-refractivity contribution in [3.05, 3.63) is 54.6 Å².